The number of aliphatic carboxylic acids is 3. The predicted octanol–water partition coefficient (Wildman–Crippen LogP) is 7.27. The minimum Gasteiger partial charge on any atom is -0.550 e. The average Bonchev–Trinajstić information content (AvgIpc) is 2.92. The van der Waals surface area contributed by atoms with E-state index in [1.165, 1.54) is 116 Å². The molecule has 7 heteroatoms. The first-order chi connectivity index (χ1) is 19.3. The lowest BCUT2D eigenvalue weighted by molar-refractivity contribution is -0.921. The molecule has 234 valence electrons. The third-order valence-corrected chi connectivity index (χ3v) is 8.02. The van der Waals surface area contributed by atoms with Crippen molar-refractivity contribution in [2.24, 2.45) is 0 Å². The monoisotopic (exact) mass is 567 g/mol. The zero-order valence-corrected chi connectivity index (χ0v) is 25.7. The number of hydrogen-bond donors (Lipinski definition) is 2. The second kappa shape index (κ2) is 27.3. The fourth-order valence-corrected chi connectivity index (χ4v) is 5.36. The van der Waals surface area contributed by atoms with Crippen molar-refractivity contribution < 1.29 is 34.2 Å². The molecule has 40 heavy (non-hydrogen) atoms. The molecule has 2 N–H and O–H groups in total. The van der Waals surface area contributed by atoms with Gasteiger partial charge in [0.15, 0.2) is 0 Å². The first-order valence-corrected chi connectivity index (χ1v) is 16.4. The molecule has 0 aromatic carbocycles. The molecule has 0 fully saturated rings. The minimum absolute atomic E-state index is 0.125. The Morgan fingerprint density at radius 1 is 0.550 bits per heavy atom. The summed E-state index contributed by atoms with van der Waals surface area (Å²) in [7, 11) is 0. The van der Waals surface area contributed by atoms with Gasteiger partial charge in [0.05, 0.1) is 39.0 Å². The van der Waals surface area contributed by atoms with Gasteiger partial charge in [-0.1, -0.05) is 129 Å². The van der Waals surface area contributed by atoms with E-state index < -0.39 is 17.9 Å². The highest BCUT2D eigenvalue weighted by Crippen LogP contribution is 2.16. The molecule has 0 aliphatic heterocycles. The number of nitrogens with zero attached hydrogens (tertiary/aromatic N) is 1. The molecule has 0 aromatic heterocycles. The number of hydrogen-bond acceptors (Lipinski definition) is 4. The molecular formula is C33H61NO6. The molecule has 0 saturated heterocycles. The maximum atomic E-state index is 11.1. The highest BCUT2D eigenvalue weighted by molar-refractivity contribution is 5.67. The summed E-state index contributed by atoms with van der Waals surface area (Å²) in [5.41, 5.74) is 0. The molecule has 0 aliphatic rings. The first-order valence-electron chi connectivity index (χ1n) is 16.4. The van der Waals surface area contributed by atoms with Crippen LogP contribution in [0.1, 0.15) is 155 Å². The second-order valence-electron chi connectivity index (χ2n) is 11.7. The normalized spacial score (nSPS) is 11.8. The molecule has 0 saturated carbocycles. The third kappa shape index (κ3) is 26.3. The summed E-state index contributed by atoms with van der Waals surface area (Å²) in [6.45, 7) is 3.30. The lowest BCUT2D eigenvalue weighted by Crippen LogP contribution is -2.52. The number of rotatable bonds is 31. The van der Waals surface area contributed by atoms with Gasteiger partial charge in [0, 0.05) is 12.4 Å². The van der Waals surface area contributed by atoms with Gasteiger partial charge in [-0.05, 0) is 18.9 Å². The van der Waals surface area contributed by atoms with Gasteiger partial charge in [-0.2, -0.15) is 0 Å². The van der Waals surface area contributed by atoms with E-state index in [4.69, 9.17) is 10.2 Å². The van der Waals surface area contributed by atoms with Crippen LogP contribution in [-0.4, -0.2) is 58.8 Å². The van der Waals surface area contributed by atoms with Crippen molar-refractivity contribution in [1.29, 1.82) is 0 Å². The minimum atomic E-state index is -1.20. The quantitative estimate of drug-likeness (QED) is 0.0517. The molecule has 0 radical (unpaired) electrons. The highest BCUT2D eigenvalue weighted by atomic mass is 16.4. The van der Waals surface area contributed by atoms with Crippen LogP contribution in [0.25, 0.3) is 0 Å². The topological polar surface area (TPSA) is 115 Å². The van der Waals surface area contributed by atoms with E-state index in [0.29, 0.717) is 6.54 Å². The van der Waals surface area contributed by atoms with Crippen molar-refractivity contribution in [2.75, 3.05) is 26.2 Å². The SMILES string of the molecule is CCCCCCCCCCCCCCCCCCCCC/C=C/C[N+](CCC(=O)[O-])(CCC(=O)O)CCC(=O)O. The number of carbonyl (C=O) groups excluding carboxylic acids is 1. The third-order valence-electron chi connectivity index (χ3n) is 8.02. The Bertz CT molecular complexity index is 618. The molecule has 0 aromatic rings. The van der Waals surface area contributed by atoms with Gasteiger partial charge >= 0.3 is 11.9 Å². The molecule has 7 nitrogen and oxygen atoms in total. The van der Waals surface area contributed by atoms with Crippen LogP contribution in [0.15, 0.2) is 12.2 Å². The van der Waals surface area contributed by atoms with Crippen molar-refractivity contribution in [3.05, 3.63) is 12.2 Å². The van der Waals surface area contributed by atoms with E-state index in [2.05, 4.69) is 13.0 Å². The molecular weight excluding hydrogens is 506 g/mol. The predicted molar refractivity (Wildman–Crippen MR) is 161 cm³/mol. The molecule has 0 rings (SSSR count). The van der Waals surface area contributed by atoms with E-state index in [0.717, 1.165) is 12.8 Å². The Morgan fingerprint density at radius 3 is 1.25 bits per heavy atom. The van der Waals surface area contributed by atoms with Crippen LogP contribution in [-0.2, 0) is 14.4 Å². The van der Waals surface area contributed by atoms with Crippen LogP contribution in [0.4, 0.5) is 0 Å². The van der Waals surface area contributed by atoms with Crippen LogP contribution in [0, 0.1) is 0 Å². The molecule has 0 heterocycles. The van der Waals surface area contributed by atoms with E-state index >= 15 is 0 Å². The second-order valence-corrected chi connectivity index (χ2v) is 11.7. The summed E-state index contributed by atoms with van der Waals surface area (Å²) in [5, 5.41) is 29.2. The standard InChI is InChI=1S/C33H61NO6/c1-2-3-4-5-6-7-8-9-10-11-12-13-14-15-16-17-18-19-20-21-22-23-27-34(28-24-31(35)36,29-25-32(37)38)30-26-33(39)40/h22-23H,2-21,24-30H2,1H3,(H2-,35,36,37,38,39,40)/b23-22+. The van der Waals surface area contributed by atoms with Crippen molar-refractivity contribution >= 4 is 17.9 Å². The Labute approximate surface area is 245 Å². The maximum absolute atomic E-state index is 11.1. The van der Waals surface area contributed by atoms with Gasteiger partial charge in [-0.25, -0.2) is 0 Å². The van der Waals surface area contributed by atoms with Gasteiger partial charge < -0.3 is 24.6 Å². The average molecular weight is 568 g/mol. The Hall–Kier alpha value is -1.89. The van der Waals surface area contributed by atoms with Crippen LogP contribution < -0.4 is 5.11 Å². The lowest BCUT2D eigenvalue weighted by Gasteiger charge is -2.37. The van der Waals surface area contributed by atoms with Crippen molar-refractivity contribution in [3.8, 4) is 0 Å². The maximum Gasteiger partial charge on any atom is 0.309 e. The highest BCUT2D eigenvalue weighted by Gasteiger charge is 2.27. The lowest BCUT2D eigenvalue weighted by atomic mass is 10.0. The summed E-state index contributed by atoms with van der Waals surface area (Å²) in [4.78, 5) is 33.3. The summed E-state index contributed by atoms with van der Waals surface area (Å²) in [5.74, 6) is -3.14. The van der Waals surface area contributed by atoms with Crippen molar-refractivity contribution in [2.45, 2.75) is 155 Å². The summed E-state index contributed by atoms with van der Waals surface area (Å²) in [6.07, 6.45) is 30.2. The largest absolute Gasteiger partial charge is 0.550 e. The summed E-state index contributed by atoms with van der Waals surface area (Å²) in [6, 6.07) is 0. The van der Waals surface area contributed by atoms with Crippen LogP contribution >= 0.6 is 0 Å². The number of allylic oxidation sites excluding steroid dienone is 1. The number of carbonyl (C=O) groups is 3. The Morgan fingerprint density at radius 2 is 0.900 bits per heavy atom. The van der Waals surface area contributed by atoms with Crippen LogP contribution in [0.5, 0.6) is 0 Å². The number of quaternary nitrogens is 1. The van der Waals surface area contributed by atoms with Crippen LogP contribution in [0.3, 0.4) is 0 Å². The first kappa shape index (κ1) is 38.1. The van der Waals surface area contributed by atoms with Gasteiger partial charge in [0.25, 0.3) is 0 Å². The number of carboxylic acids is 3. The molecule has 0 amide bonds. The van der Waals surface area contributed by atoms with Gasteiger partial charge in [0.1, 0.15) is 0 Å². The van der Waals surface area contributed by atoms with E-state index in [1.807, 2.05) is 6.08 Å². The molecule has 0 atom stereocenters. The molecule has 0 spiro atoms. The van der Waals surface area contributed by atoms with Gasteiger partial charge in [0.2, 0.25) is 0 Å². The van der Waals surface area contributed by atoms with Gasteiger partial charge in [-0.3, -0.25) is 9.59 Å². The van der Waals surface area contributed by atoms with Crippen LogP contribution in [0.2, 0.25) is 0 Å². The van der Waals surface area contributed by atoms with Gasteiger partial charge in [-0.15, -0.1) is 0 Å². The smallest absolute Gasteiger partial charge is 0.309 e. The molecule has 0 unspecified atom stereocenters. The van der Waals surface area contributed by atoms with E-state index in [-0.39, 0.29) is 43.4 Å². The van der Waals surface area contributed by atoms with Crippen molar-refractivity contribution in [1.82, 2.24) is 0 Å². The zero-order valence-electron chi connectivity index (χ0n) is 25.7. The summed E-state index contributed by atoms with van der Waals surface area (Å²) < 4.78 is 0.141. The number of unbranched alkanes of at least 4 members (excludes halogenated alkanes) is 19. The number of carboxylic acid groups (broad SMARTS) is 3. The molecule has 0 bridgehead atoms. The Balaban J connectivity index is 3.87. The fourth-order valence-electron chi connectivity index (χ4n) is 5.36. The van der Waals surface area contributed by atoms with E-state index in [9.17, 15) is 19.5 Å². The van der Waals surface area contributed by atoms with E-state index in [1.54, 1.807) is 0 Å². The fraction of sp³-hybridized carbons (Fsp3) is 0.848. The Kier molecular flexibility index (Phi) is 26.0. The molecule has 0 aliphatic carbocycles. The zero-order chi connectivity index (χ0) is 29.7. The summed E-state index contributed by atoms with van der Waals surface area (Å²) >= 11 is 0. The van der Waals surface area contributed by atoms with Crippen molar-refractivity contribution in [3.63, 3.8) is 0 Å².